The SMILES string of the molecule is C=CCN(C)C(=O)[C@H]1[C@H]2C(=O)N(CCO)C(C(=O)N(CC=C)C3CCCCC3)C23CC(C)[C@]1(C)O3. The fourth-order valence-electron chi connectivity index (χ4n) is 7.37. The maximum Gasteiger partial charge on any atom is 0.248 e. The number of rotatable bonds is 9. The fraction of sp³-hybridized carbons (Fsp3) is 0.741. The molecule has 0 aromatic carbocycles. The predicted molar refractivity (Wildman–Crippen MR) is 132 cm³/mol. The molecule has 1 spiro atoms. The van der Waals surface area contributed by atoms with Crippen molar-refractivity contribution >= 4 is 17.7 Å². The summed E-state index contributed by atoms with van der Waals surface area (Å²) in [5, 5.41) is 9.84. The number of ether oxygens (including phenoxy) is 1. The Kier molecular flexibility index (Phi) is 7.17. The fourth-order valence-corrected chi connectivity index (χ4v) is 7.37. The lowest BCUT2D eigenvalue weighted by Gasteiger charge is -2.41. The second-order valence-corrected chi connectivity index (χ2v) is 11.0. The van der Waals surface area contributed by atoms with Gasteiger partial charge in [-0.15, -0.1) is 13.2 Å². The minimum atomic E-state index is -1.08. The number of carbonyl (C=O) groups excluding carboxylic acids is 3. The number of hydrogen-bond donors (Lipinski definition) is 1. The third kappa shape index (κ3) is 3.84. The summed E-state index contributed by atoms with van der Waals surface area (Å²) in [7, 11) is 1.71. The van der Waals surface area contributed by atoms with Gasteiger partial charge in [-0.05, 0) is 32.1 Å². The molecule has 8 nitrogen and oxygen atoms in total. The zero-order valence-electron chi connectivity index (χ0n) is 21.4. The van der Waals surface area contributed by atoms with Crippen LogP contribution in [0.3, 0.4) is 0 Å². The Morgan fingerprint density at radius 1 is 1.17 bits per heavy atom. The number of likely N-dealkylation sites (N-methyl/N-ethyl adjacent to an activating group) is 1. The van der Waals surface area contributed by atoms with E-state index >= 15 is 0 Å². The van der Waals surface area contributed by atoms with E-state index in [4.69, 9.17) is 4.74 Å². The molecule has 0 radical (unpaired) electrons. The highest BCUT2D eigenvalue weighted by atomic mass is 16.5. The molecule has 3 heterocycles. The standard InChI is InChI=1S/C27H41N3O5/c1-6-13-28(5)23(32)20-21-24(33)30(15-16-31)22(27(21)17-18(3)26(20,4)35-27)25(34)29(14-7-2)19-11-9-8-10-12-19/h6-7,18-22,31H,1-2,8-17H2,3-5H3/t18?,20-,21+,22?,26+,27?/m1/s1. The van der Waals surface area contributed by atoms with Gasteiger partial charge in [0.2, 0.25) is 17.7 Å². The van der Waals surface area contributed by atoms with E-state index in [0.717, 1.165) is 32.1 Å². The van der Waals surface area contributed by atoms with Crippen LogP contribution in [0.2, 0.25) is 0 Å². The Bertz CT molecular complexity index is 886. The molecular formula is C27H41N3O5. The second-order valence-electron chi connectivity index (χ2n) is 11.0. The van der Waals surface area contributed by atoms with Crippen molar-refractivity contribution in [3.63, 3.8) is 0 Å². The lowest BCUT2D eigenvalue weighted by Crippen LogP contribution is -2.59. The van der Waals surface area contributed by atoms with Gasteiger partial charge in [0.1, 0.15) is 11.6 Å². The summed E-state index contributed by atoms with van der Waals surface area (Å²) in [5.74, 6) is -2.02. The van der Waals surface area contributed by atoms with Gasteiger partial charge in [-0.3, -0.25) is 14.4 Å². The highest BCUT2D eigenvalue weighted by molar-refractivity contribution is 5.99. The molecule has 4 rings (SSSR count). The Morgan fingerprint density at radius 3 is 2.43 bits per heavy atom. The van der Waals surface area contributed by atoms with Gasteiger partial charge in [0, 0.05) is 32.7 Å². The second kappa shape index (κ2) is 9.69. The highest BCUT2D eigenvalue weighted by Crippen LogP contribution is 2.65. The largest absolute Gasteiger partial charge is 0.395 e. The number of β-amino-alcohol motifs (C(OH)–C–C–N with tert-alkyl or cyclic N) is 1. The van der Waals surface area contributed by atoms with E-state index in [1.54, 1.807) is 24.1 Å². The van der Waals surface area contributed by atoms with Crippen LogP contribution in [0.5, 0.6) is 0 Å². The average Bonchev–Trinajstić information content (AvgIpc) is 3.34. The zero-order valence-corrected chi connectivity index (χ0v) is 21.4. The molecule has 194 valence electrons. The summed E-state index contributed by atoms with van der Waals surface area (Å²) < 4.78 is 6.75. The Balaban J connectivity index is 1.77. The molecule has 1 N–H and O–H groups in total. The molecule has 35 heavy (non-hydrogen) atoms. The predicted octanol–water partition coefficient (Wildman–Crippen LogP) is 1.98. The zero-order chi connectivity index (χ0) is 25.5. The monoisotopic (exact) mass is 487 g/mol. The van der Waals surface area contributed by atoms with Crippen molar-refractivity contribution in [2.75, 3.05) is 33.3 Å². The van der Waals surface area contributed by atoms with Crippen LogP contribution in [0.1, 0.15) is 52.4 Å². The highest BCUT2D eigenvalue weighted by Gasteiger charge is 2.80. The molecule has 3 amide bonds. The van der Waals surface area contributed by atoms with Gasteiger partial charge in [-0.1, -0.05) is 38.3 Å². The quantitative estimate of drug-likeness (QED) is 0.503. The van der Waals surface area contributed by atoms with Crippen molar-refractivity contribution in [1.29, 1.82) is 0 Å². The summed E-state index contributed by atoms with van der Waals surface area (Å²) in [6, 6.07) is -0.764. The average molecular weight is 488 g/mol. The molecule has 3 aliphatic heterocycles. The third-order valence-corrected chi connectivity index (χ3v) is 9.06. The van der Waals surface area contributed by atoms with E-state index in [1.165, 1.54) is 4.90 Å². The van der Waals surface area contributed by atoms with Gasteiger partial charge in [0.05, 0.1) is 24.0 Å². The van der Waals surface area contributed by atoms with Crippen molar-refractivity contribution in [3.8, 4) is 0 Å². The Morgan fingerprint density at radius 2 is 1.83 bits per heavy atom. The summed E-state index contributed by atoms with van der Waals surface area (Å²) in [5.41, 5.74) is -1.92. The van der Waals surface area contributed by atoms with Gasteiger partial charge in [-0.25, -0.2) is 0 Å². The van der Waals surface area contributed by atoms with Gasteiger partial charge in [0.15, 0.2) is 0 Å². The van der Waals surface area contributed by atoms with Crippen LogP contribution >= 0.6 is 0 Å². The smallest absolute Gasteiger partial charge is 0.248 e. The van der Waals surface area contributed by atoms with Gasteiger partial charge in [0.25, 0.3) is 0 Å². The lowest BCUT2D eigenvalue weighted by molar-refractivity contribution is -0.156. The van der Waals surface area contributed by atoms with Gasteiger partial charge in [-0.2, -0.15) is 0 Å². The first-order valence-electron chi connectivity index (χ1n) is 13.1. The molecule has 0 aromatic rings. The summed E-state index contributed by atoms with van der Waals surface area (Å²) in [6.07, 6.45) is 9.09. The topological polar surface area (TPSA) is 90.4 Å². The molecule has 8 heteroatoms. The van der Waals surface area contributed by atoms with Crippen LogP contribution in [-0.2, 0) is 19.1 Å². The van der Waals surface area contributed by atoms with Gasteiger partial charge < -0.3 is 24.5 Å². The minimum Gasteiger partial charge on any atom is -0.395 e. The summed E-state index contributed by atoms with van der Waals surface area (Å²) in [4.78, 5) is 46.9. The first kappa shape index (κ1) is 25.9. The van der Waals surface area contributed by atoms with Crippen molar-refractivity contribution in [2.24, 2.45) is 17.8 Å². The number of nitrogens with zero attached hydrogens (tertiary/aromatic N) is 3. The van der Waals surface area contributed by atoms with Crippen molar-refractivity contribution < 1.29 is 24.2 Å². The van der Waals surface area contributed by atoms with Crippen molar-refractivity contribution in [3.05, 3.63) is 25.3 Å². The normalized spacial score (nSPS) is 36.2. The molecule has 4 aliphatic rings. The van der Waals surface area contributed by atoms with E-state index in [-0.39, 0.29) is 42.8 Å². The van der Waals surface area contributed by atoms with Crippen LogP contribution in [0, 0.1) is 17.8 Å². The lowest BCUT2D eigenvalue weighted by atomic mass is 9.62. The van der Waals surface area contributed by atoms with E-state index in [0.29, 0.717) is 19.5 Å². The molecule has 3 unspecified atom stereocenters. The number of hydrogen-bond acceptors (Lipinski definition) is 5. The summed E-state index contributed by atoms with van der Waals surface area (Å²) in [6.45, 7) is 12.1. The van der Waals surface area contributed by atoms with Crippen LogP contribution in [0.15, 0.2) is 25.3 Å². The molecule has 3 saturated heterocycles. The maximum atomic E-state index is 14.3. The number of aliphatic hydroxyl groups excluding tert-OH is 1. The molecular weight excluding hydrogens is 446 g/mol. The molecule has 1 aliphatic carbocycles. The molecule has 1 saturated carbocycles. The molecule has 0 aromatic heterocycles. The number of likely N-dealkylation sites (tertiary alicyclic amines) is 1. The van der Waals surface area contributed by atoms with E-state index in [9.17, 15) is 19.5 Å². The van der Waals surface area contributed by atoms with E-state index in [2.05, 4.69) is 13.2 Å². The van der Waals surface area contributed by atoms with E-state index in [1.807, 2.05) is 18.7 Å². The Labute approximate surface area is 208 Å². The minimum absolute atomic E-state index is 0.00968. The molecule has 6 atom stereocenters. The number of fused-ring (bicyclic) bond motifs is 1. The van der Waals surface area contributed by atoms with Crippen molar-refractivity contribution in [1.82, 2.24) is 14.7 Å². The number of carbonyl (C=O) groups is 3. The first-order chi connectivity index (χ1) is 16.7. The summed E-state index contributed by atoms with van der Waals surface area (Å²) >= 11 is 0. The van der Waals surface area contributed by atoms with Crippen LogP contribution in [0.25, 0.3) is 0 Å². The third-order valence-electron chi connectivity index (χ3n) is 9.06. The van der Waals surface area contributed by atoms with Gasteiger partial charge >= 0.3 is 0 Å². The van der Waals surface area contributed by atoms with Crippen LogP contribution < -0.4 is 0 Å². The number of aliphatic hydroxyl groups is 1. The van der Waals surface area contributed by atoms with Crippen molar-refractivity contribution in [2.45, 2.75) is 75.7 Å². The Hall–Kier alpha value is -2.19. The first-order valence-corrected chi connectivity index (χ1v) is 13.1. The van der Waals surface area contributed by atoms with E-state index < -0.39 is 29.1 Å². The van der Waals surface area contributed by atoms with Crippen LogP contribution in [-0.4, -0.2) is 94.1 Å². The number of amides is 3. The van der Waals surface area contributed by atoms with Crippen LogP contribution in [0.4, 0.5) is 0 Å². The molecule has 4 fully saturated rings. The maximum absolute atomic E-state index is 14.3. The molecule has 2 bridgehead atoms.